The Kier molecular flexibility index (Phi) is 7.32. The molecule has 0 saturated carbocycles. The molecule has 0 saturated heterocycles. The molecule has 0 aliphatic heterocycles. The average molecular weight is 295 g/mol. The van der Waals surface area contributed by atoms with Crippen LogP contribution >= 0.6 is 0 Å². The van der Waals surface area contributed by atoms with Gasteiger partial charge in [0.1, 0.15) is 0 Å². The SMILES string of the molecule is CCCC/C=C(\[Se]c1ccccc1)C(C)CC. The van der Waals surface area contributed by atoms with E-state index in [0.717, 1.165) is 5.92 Å². The van der Waals surface area contributed by atoms with Gasteiger partial charge in [-0.15, -0.1) is 0 Å². The van der Waals surface area contributed by atoms with Crippen LogP contribution in [0.5, 0.6) is 0 Å². The van der Waals surface area contributed by atoms with Gasteiger partial charge in [0.05, 0.1) is 0 Å². The predicted octanol–water partition coefficient (Wildman–Crippen LogP) is 4.14. The summed E-state index contributed by atoms with van der Waals surface area (Å²) in [6.07, 6.45) is 7.63. The molecule has 17 heavy (non-hydrogen) atoms. The van der Waals surface area contributed by atoms with Gasteiger partial charge in [0.25, 0.3) is 0 Å². The summed E-state index contributed by atoms with van der Waals surface area (Å²) in [5, 5.41) is 0. The summed E-state index contributed by atoms with van der Waals surface area (Å²) in [4.78, 5) is 0. The maximum atomic E-state index is 2.50. The normalized spacial score (nSPS) is 13.7. The van der Waals surface area contributed by atoms with E-state index < -0.39 is 0 Å². The first-order chi connectivity index (χ1) is 8.27. The molecule has 0 N–H and O–H groups in total. The Morgan fingerprint density at radius 2 is 1.94 bits per heavy atom. The van der Waals surface area contributed by atoms with Crippen molar-refractivity contribution in [2.75, 3.05) is 0 Å². The monoisotopic (exact) mass is 296 g/mol. The molecule has 0 amide bonds. The Balaban J connectivity index is 2.67. The van der Waals surface area contributed by atoms with Gasteiger partial charge in [-0.1, -0.05) is 0 Å². The van der Waals surface area contributed by atoms with E-state index >= 15 is 0 Å². The van der Waals surface area contributed by atoms with Crippen molar-refractivity contribution in [3.05, 3.63) is 40.9 Å². The van der Waals surface area contributed by atoms with Gasteiger partial charge in [0.15, 0.2) is 0 Å². The number of allylic oxidation sites excluding steroid dienone is 2. The van der Waals surface area contributed by atoms with Gasteiger partial charge in [-0.2, -0.15) is 0 Å². The van der Waals surface area contributed by atoms with Crippen molar-refractivity contribution in [2.24, 2.45) is 5.92 Å². The zero-order valence-electron chi connectivity index (χ0n) is 11.3. The van der Waals surface area contributed by atoms with E-state index in [1.165, 1.54) is 30.1 Å². The minimum atomic E-state index is 0.518. The molecule has 1 heteroatoms. The van der Waals surface area contributed by atoms with E-state index in [1.54, 1.807) is 4.47 Å². The third kappa shape index (κ3) is 5.57. The molecular formula is C16H24Se. The van der Waals surface area contributed by atoms with Crippen LogP contribution in [-0.2, 0) is 0 Å². The summed E-state index contributed by atoms with van der Waals surface area (Å²) in [6.45, 7) is 6.92. The summed E-state index contributed by atoms with van der Waals surface area (Å²) < 4.78 is 3.18. The molecule has 0 radical (unpaired) electrons. The topological polar surface area (TPSA) is 0 Å². The zero-order valence-corrected chi connectivity index (χ0v) is 13.0. The second kappa shape index (κ2) is 8.55. The van der Waals surface area contributed by atoms with Crippen LogP contribution in [0.4, 0.5) is 0 Å². The Morgan fingerprint density at radius 1 is 1.24 bits per heavy atom. The van der Waals surface area contributed by atoms with Crippen molar-refractivity contribution in [1.82, 2.24) is 0 Å². The molecule has 1 atom stereocenters. The van der Waals surface area contributed by atoms with Crippen molar-refractivity contribution in [2.45, 2.75) is 46.5 Å². The molecule has 0 aliphatic rings. The van der Waals surface area contributed by atoms with Crippen LogP contribution in [0.3, 0.4) is 0 Å². The molecule has 0 nitrogen and oxygen atoms in total. The van der Waals surface area contributed by atoms with Crippen LogP contribution in [0, 0.1) is 5.92 Å². The molecule has 0 spiro atoms. The number of rotatable bonds is 7. The molecule has 0 fully saturated rings. The summed E-state index contributed by atoms with van der Waals surface area (Å²) >= 11 is 0.518. The van der Waals surface area contributed by atoms with Gasteiger partial charge in [-0.3, -0.25) is 0 Å². The van der Waals surface area contributed by atoms with Crippen molar-refractivity contribution >= 4 is 19.4 Å². The van der Waals surface area contributed by atoms with E-state index in [9.17, 15) is 0 Å². The van der Waals surface area contributed by atoms with Crippen LogP contribution in [0.25, 0.3) is 0 Å². The Labute approximate surface area is 113 Å². The standard InChI is InChI=1S/C16H24Se/c1-4-6-8-13-16(14(3)5-2)17-15-11-9-7-10-12-15/h7,9-14H,4-6,8H2,1-3H3/b16-13-. The van der Waals surface area contributed by atoms with Crippen molar-refractivity contribution in [1.29, 1.82) is 0 Å². The van der Waals surface area contributed by atoms with E-state index in [2.05, 4.69) is 57.2 Å². The first-order valence-electron chi connectivity index (χ1n) is 6.70. The van der Waals surface area contributed by atoms with Crippen LogP contribution in [0.2, 0.25) is 0 Å². The number of hydrogen-bond donors (Lipinski definition) is 0. The average Bonchev–Trinajstić information content (AvgIpc) is 2.38. The Morgan fingerprint density at radius 3 is 2.53 bits per heavy atom. The first kappa shape index (κ1) is 14.5. The molecule has 0 bridgehead atoms. The van der Waals surface area contributed by atoms with Gasteiger partial charge in [0.2, 0.25) is 0 Å². The summed E-state index contributed by atoms with van der Waals surface area (Å²) in [5.74, 6) is 0.743. The fourth-order valence-electron chi connectivity index (χ4n) is 1.62. The van der Waals surface area contributed by atoms with Crippen molar-refractivity contribution < 1.29 is 0 Å². The number of benzene rings is 1. The second-order valence-corrected chi connectivity index (χ2v) is 6.88. The third-order valence-corrected chi connectivity index (χ3v) is 5.73. The molecule has 0 aromatic heterocycles. The van der Waals surface area contributed by atoms with Crippen LogP contribution in [0.1, 0.15) is 46.5 Å². The van der Waals surface area contributed by atoms with Crippen molar-refractivity contribution in [3.63, 3.8) is 0 Å². The molecular weight excluding hydrogens is 271 g/mol. The van der Waals surface area contributed by atoms with E-state index in [-0.39, 0.29) is 0 Å². The Hall–Kier alpha value is -0.521. The maximum absolute atomic E-state index is 2.50. The van der Waals surface area contributed by atoms with Gasteiger partial charge in [-0.25, -0.2) is 0 Å². The van der Waals surface area contributed by atoms with Crippen LogP contribution < -0.4 is 4.46 Å². The van der Waals surface area contributed by atoms with Gasteiger partial charge in [0, 0.05) is 0 Å². The summed E-state index contributed by atoms with van der Waals surface area (Å²) in [7, 11) is 0. The second-order valence-electron chi connectivity index (χ2n) is 4.47. The van der Waals surface area contributed by atoms with E-state index in [0.29, 0.717) is 15.0 Å². The van der Waals surface area contributed by atoms with Crippen LogP contribution in [0.15, 0.2) is 40.9 Å². The molecule has 1 aromatic rings. The molecule has 1 rings (SSSR count). The number of hydrogen-bond acceptors (Lipinski definition) is 0. The van der Waals surface area contributed by atoms with Crippen molar-refractivity contribution in [3.8, 4) is 0 Å². The van der Waals surface area contributed by atoms with Gasteiger partial charge >= 0.3 is 113 Å². The summed E-state index contributed by atoms with van der Waals surface area (Å²) in [6, 6.07) is 10.9. The van der Waals surface area contributed by atoms with Gasteiger partial charge < -0.3 is 0 Å². The third-order valence-electron chi connectivity index (χ3n) is 2.98. The molecule has 0 aliphatic carbocycles. The van der Waals surface area contributed by atoms with Gasteiger partial charge in [-0.05, 0) is 0 Å². The fourth-order valence-corrected chi connectivity index (χ4v) is 4.00. The van der Waals surface area contributed by atoms with E-state index in [1.807, 2.05) is 0 Å². The molecule has 94 valence electrons. The fraction of sp³-hybridized carbons (Fsp3) is 0.500. The number of unbranched alkanes of at least 4 members (excludes halogenated alkanes) is 2. The molecule has 1 unspecified atom stereocenters. The summed E-state index contributed by atoms with van der Waals surface area (Å²) in [5.41, 5.74) is 0. The molecule has 1 aromatic carbocycles. The Bertz CT molecular complexity index is 327. The van der Waals surface area contributed by atoms with E-state index in [4.69, 9.17) is 0 Å². The zero-order chi connectivity index (χ0) is 12.5. The quantitative estimate of drug-likeness (QED) is 0.524. The minimum absolute atomic E-state index is 0.518. The first-order valence-corrected chi connectivity index (χ1v) is 8.42. The molecule has 0 heterocycles. The van der Waals surface area contributed by atoms with Crippen LogP contribution in [-0.4, -0.2) is 15.0 Å². The predicted molar refractivity (Wildman–Crippen MR) is 78.9 cm³/mol.